The zero-order chi connectivity index (χ0) is 24.0. The first-order valence-electron chi connectivity index (χ1n) is 11.6. The van der Waals surface area contributed by atoms with Crippen LogP contribution < -0.4 is 11.3 Å². The molecule has 0 aliphatic carbocycles. The molecular formula is C26H33ClN4O2. The maximum Gasteiger partial charge on any atom is 0.269 e. The maximum atomic E-state index is 12.3. The summed E-state index contributed by atoms with van der Waals surface area (Å²) in [6.07, 6.45) is 3.89. The van der Waals surface area contributed by atoms with Crippen molar-refractivity contribution >= 4 is 28.4 Å². The molecule has 1 atom stereocenters. The number of piperidine rings is 1. The lowest BCUT2D eigenvalue weighted by atomic mass is 9.87. The Morgan fingerprint density at radius 2 is 1.88 bits per heavy atom. The van der Waals surface area contributed by atoms with Gasteiger partial charge in [0.15, 0.2) is 0 Å². The Morgan fingerprint density at radius 1 is 1.21 bits per heavy atom. The number of halogens is 1. The lowest BCUT2D eigenvalue weighted by Gasteiger charge is -2.34. The number of nitrogens with zero attached hydrogens (tertiary/aromatic N) is 2. The average molecular weight is 469 g/mol. The number of hydrogen-bond donors (Lipinski definition) is 2. The third kappa shape index (κ3) is 4.22. The molecule has 1 fully saturated rings. The highest BCUT2D eigenvalue weighted by Crippen LogP contribution is 2.39. The van der Waals surface area contributed by atoms with Crippen LogP contribution in [0.4, 0.5) is 0 Å². The minimum Gasteiger partial charge on any atom is -0.368 e. The number of likely N-dealkylation sites (tertiary alicyclic amines) is 1. The Morgan fingerprint density at radius 3 is 2.48 bits per heavy atom. The van der Waals surface area contributed by atoms with Crippen LogP contribution in [0.5, 0.6) is 0 Å². The summed E-state index contributed by atoms with van der Waals surface area (Å²) in [5.74, 6) is 0.487. The van der Waals surface area contributed by atoms with Crippen LogP contribution in [-0.4, -0.2) is 39.5 Å². The number of aromatic amines is 1. The first-order chi connectivity index (χ1) is 15.6. The van der Waals surface area contributed by atoms with Gasteiger partial charge in [-0.15, -0.1) is 0 Å². The number of hydrogen-bond acceptors (Lipinski definition) is 3. The van der Waals surface area contributed by atoms with Crippen molar-refractivity contribution in [3.05, 3.63) is 56.5 Å². The van der Waals surface area contributed by atoms with E-state index in [2.05, 4.69) is 41.9 Å². The third-order valence-corrected chi connectivity index (χ3v) is 7.68. The van der Waals surface area contributed by atoms with Crippen LogP contribution in [0.15, 0.2) is 29.2 Å². The maximum absolute atomic E-state index is 12.3. The first-order valence-corrected chi connectivity index (χ1v) is 12.0. The van der Waals surface area contributed by atoms with Crippen LogP contribution in [0.3, 0.4) is 0 Å². The van der Waals surface area contributed by atoms with Gasteiger partial charge in [-0.2, -0.15) is 0 Å². The number of rotatable bonds is 5. The highest BCUT2D eigenvalue weighted by Gasteiger charge is 2.27. The lowest BCUT2D eigenvalue weighted by molar-refractivity contribution is -0.123. The summed E-state index contributed by atoms with van der Waals surface area (Å²) in [5, 5.41) is 1.48. The number of carbonyl (C=O) groups excluding carboxylic acids is 1. The lowest BCUT2D eigenvalue weighted by Crippen LogP contribution is -2.46. The topological polar surface area (TPSA) is 84.1 Å². The molecule has 3 aromatic rings. The molecule has 1 amide bonds. The predicted octanol–water partition coefficient (Wildman–Crippen LogP) is 4.67. The molecule has 0 saturated carbocycles. The second-order valence-corrected chi connectivity index (χ2v) is 10.0. The van der Waals surface area contributed by atoms with Crippen molar-refractivity contribution in [2.75, 3.05) is 13.1 Å². The molecule has 1 unspecified atom stereocenters. The highest BCUT2D eigenvalue weighted by molar-refractivity contribution is 6.31. The Hall–Kier alpha value is -2.57. The Labute approximate surface area is 199 Å². The number of nitrogens with two attached hydrogens (primary N) is 1. The number of benzene rings is 1. The van der Waals surface area contributed by atoms with Gasteiger partial charge in [-0.05, 0) is 80.4 Å². The minimum atomic E-state index is -0.259. The molecule has 4 rings (SSSR count). The van der Waals surface area contributed by atoms with Crippen LogP contribution in [0.25, 0.3) is 22.2 Å². The van der Waals surface area contributed by atoms with Crippen LogP contribution in [0.2, 0.25) is 5.02 Å². The van der Waals surface area contributed by atoms with Crippen LogP contribution in [0.1, 0.15) is 62.1 Å². The number of pyridine rings is 1. The standard InChI is InChI=1S/C26H33ClN4O2/c1-14(2)22-19-12-18(17-8-10-31(11-9-17)16(4)25(28)32)6-7-21(19)29-24(22)20-13-30(5)26(33)23(27)15(20)3/h6-7,12-14,16-17,29H,8-11H2,1-5H3,(H2,28,32). The molecule has 0 radical (unpaired) electrons. The number of carbonyl (C=O) groups is 1. The van der Waals surface area contributed by atoms with E-state index in [0.717, 1.165) is 48.3 Å². The summed E-state index contributed by atoms with van der Waals surface area (Å²) >= 11 is 6.37. The van der Waals surface area contributed by atoms with Crippen molar-refractivity contribution in [1.82, 2.24) is 14.5 Å². The van der Waals surface area contributed by atoms with Crippen LogP contribution in [-0.2, 0) is 11.8 Å². The number of H-pyrrole nitrogens is 1. The Balaban J connectivity index is 1.74. The average Bonchev–Trinajstić information content (AvgIpc) is 3.18. The predicted molar refractivity (Wildman–Crippen MR) is 135 cm³/mol. The molecule has 1 saturated heterocycles. The first kappa shape index (κ1) is 23.6. The van der Waals surface area contributed by atoms with Gasteiger partial charge >= 0.3 is 0 Å². The molecule has 3 N–H and O–H groups in total. The smallest absolute Gasteiger partial charge is 0.269 e. The van der Waals surface area contributed by atoms with Crippen molar-refractivity contribution in [3.63, 3.8) is 0 Å². The number of primary amides is 1. The van der Waals surface area contributed by atoms with Gasteiger partial charge in [0.2, 0.25) is 5.91 Å². The van der Waals surface area contributed by atoms with Crippen molar-refractivity contribution in [3.8, 4) is 11.3 Å². The van der Waals surface area contributed by atoms with Crippen LogP contribution in [0, 0.1) is 6.92 Å². The van der Waals surface area contributed by atoms with Gasteiger partial charge in [0.25, 0.3) is 5.56 Å². The molecule has 1 aromatic carbocycles. The van der Waals surface area contributed by atoms with E-state index in [1.54, 1.807) is 11.6 Å². The normalized spacial score (nSPS) is 16.6. The van der Waals surface area contributed by atoms with E-state index in [1.165, 1.54) is 16.5 Å². The second kappa shape index (κ2) is 8.99. The molecular weight excluding hydrogens is 436 g/mol. The number of amides is 1. The molecule has 176 valence electrons. The van der Waals surface area contributed by atoms with Gasteiger partial charge in [0.1, 0.15) is 5.02 Å². The molecule has 2 aromatic heterocycles. The SMILES string of the molecule is Cc1c(-c2[nH]c3ccc(C4CCN(C(C)C(N)=O)CC4)cc3c2C(C)C)cn(C)c(=O)c1Cl. The van der Waals surface area contributed by atoms with Gasteiger partial charge in [0.05, 0.1) is 11.7 Å². The van der Waals surface area contributed by atoms with Crippen molar-refractivity contribution in [2.24, 2.45) is 12.8 Å². The van der Waals surface area contributed by atoms with Crippen molar-refractivity contribution in [1.29, 1.82) is 0 Å². The summed E-state index contributed by atoms with van der Waals surface area (Å²) in [5.41, 5.74) is 11.7. The van der Waals surface area contributed by atoms with Gasteiger partial charge in [-0.25, -0.2) is 0 Å². The second-order valence-electron chi connectivity index (χ2n) is 9.66. The molecule has 1 aliphatic rings. The number of nitrogens with one attached hydrogen (secondary N) is 1. The zero-order valence-corrected chi connectivity index (χ0v) is 20.8. The largest absolute Gasteiger partial charge is 0.368 e. The van der Waals surface area contributed by atoms with Gasteiger partial charge in [-0.3, -0.25) is 14.5 Å². The number of fused-ring (bicyclic) bond motifs is 1. The Bertz CT molecular complexity index is 1270. The highest BCUT2D eigenvalue weighted by atomic mass is 35.5. The summed E-state index contributed by atoms with van der Waals surface area (Å²) < 4.78 is 1.55. The zero-order valence-electron chi connectivity index (χ0n) is 20.0. The summed E-state index contributed by atoms with van der Waals surface area (Å²) in [7, 11) is 1.73. The van der Waals surface area contributed by atoms with E-state index >= 15 is 0 Å². The monoisotopic (exact) mass is 468 g/mol. The van der Waals surface area contributed by atoms with Crippen molar-refractivity contribution in [2.45, 2.75) is 58.4 Å². The molecule has 33 heavy (non-hydrogen) atoms. The fourth-order valence-electron chi connectivity index (χ4n) is 5.13. The van der Waals surface area contributed by atoms with E-state index in [0.29, 0.717) is 5.92 Å². The van der Waals surface area contributed by atoms with Gasteiger partial charge in [-0.1, -0.05) is 31.5 Å². The fourth-order valence-corrected chi connectivity index (χ4v) is 5.37. The molecule has 1 aliphatic heterocycles. The van der Waals surface area contributed by atoms with Gasteiger partial charge < -0.3 is 15.3 Å². The summed E-state index contributed by atoms with van der Waals surface area (Å²) in [6.45, 7) is 9.93. The molecule has 7 heteroatoms. The minimum absolute atomic E-state index is 0.181. The molecule has 0 bridgehead atoms. The number of aryl methyl sites for hydroxylation is 1. The quantitative estimate of drug-likeness (QED) is 0.570. The summed E-state index contributed by atoms with van der Waals surface area (Å²) in [6, 6.07) is 6.48. The Kier molecular flexibility index (Phi) is 6.43. The van der Waals surface area contributed by atoms with Crippen molar-refractivity contribution < 1.29 is 4.79 Å². The van der Waals surface area contributed by atoms with Gasteiger partial charge in [0, 0.05) is 29.7 Å². The number of aromatic nitrogens is 2. The van der Waals surface area contributed by atoms with E-state index in [9.17, 15) is 9.59 Å². The summed E-state index contributed by atoms with van der Waals surface area (Å²) in [4.78, 5) is 29.6. The molecule has 3 heterocycles. The molecule has 0 spiro atoms. The third-order valence-electron chi connectivity index (χ3n) is 7.23. The molecule has 6 nitrogen and oxygen atoms in total. The fraction of sp³-hybridized carbons (Fsp3) is 0.462. The van der Waals surface area contributed by atoms with E-state index in [1.807, 2.05) is 20.0 Å². The van der Waals surface area contributed by atoms with Crippen LogP contribution >= 0.6 is 11.6 Å². The van der Waals surface area contributed by atoms with E-state index in [4.69, 9.17) is 17.3 Å². The van der Waals surface area contributed by atoms with E-state index < -0.39 is 0 Å². The van der Waals surface area contributed by atoms with E-state index in [-0.39, 0.29) is 28.4 Å².